The number of hydrogen-bond acceptors (Lipinski definition) is 4. The molecule has 3 aromatic rings. The Bertz CT molecular complexity index is 1090. The van der Waals surface area contributed by atoms with Crippen LogP contribution in [0.15, 0.2) is 59.4 Å². The molecule has 3 rings (SSSR count). The van der Waals surface area contributed by atoms with Gasteiger partial charge in [0, 0.05) is 22.3 Å². The van der Waals surface area contributed by atoms with Crippen molar-refractivity contribution >= 4 is 29.0 Å². The van der Waals surface area contributed by atoms with E-state index >= 15 is 0 Å². The molecule has 0 aliphatic carbocycles. The number of benzene rings is 2. The number of rotatable bonds is 4. The van der Waals surface area contributed by atoms with Gasteiger partial charge in [-0.15, -0.1) is 0 Å². The number of amides is 1. The number of aromatic nitrogens is 2. The molecule has 136 valence electrons. The van der Waals surface area contributed by atoms with Crippen LogP contribution in [0.25, 0.3) is 5.69 Å². The summed E-state index contributed by atoms with van der Waals surface area (Å²) in [6.45, 7) is 3.12. The van der Waals surface area contributed by atoms with Gasteiger partial charge in [-0.05, 0) is 50.2 Å². The van der Waals surface area contributed by atoms with Crippen LogP contribution in [-0.2, 0) is 0 Å². The van der Waals surface area contributed by atoms with E-state index < -0.39 is 11.3 Å². The standard InChI is InChI=1S/C20H16ClN3O3/c1-12-11-18(26)19(23-24(12)15-9-7-14(21)8-10-15)20(27)22-17-6-4-3-5-16(17)13(2)25/h3-11H,1-2H3,(H,22,27). The molecule has 7 heteroatoms. The molecule has 1 N–H and O–H groups in total. The van der Waals surface area contributed by atoms with E-state index in [0.717, 1.165) is 0 Å². The molecule has 0 unspecified atom stereocenters. The lowest BCUT2D eigenvalue weighted by atomic mass is 10.1. The fourth-order valence-corrected chi connectivity index (χ4v) is 2.75. The Kier molecular flexibility index (Phi) is 5.19. The summed E-state index contributed by atoms with van der Waals surface area (Å²) in [6, 6.07) is 14.8. The summed E-state index contributed by atoms with van der Waals surface area (Å²) in [5.41, 5.74) is 1.15. The molecule has 1 heterocycles. The number of carbonyl (C=O) groups excluding carboxylic acids is 2. The Morgan fingerprint density at radius 3 is 2.41 bits per heavy atom. The SMILES string of the molecule is CC(=O)c1ccccc1NC(=O)c1nn(-c2ccc(Cl)cc2)c(C)cc1=O. The molecule has 0 bridgehead atoms. The molecular formula is C20H16ClN3O3. The quantitative estimate of drug-likeness (QED) is 0.699. The van der Waals surface area contributed by atoms with E-state index in [1.165, 1.54) is 17.7 Å². The molecule has 0 aliphatic heterocycles. The largest absolute Gasteiger partial charge is 0.320 e. The normalized spacial score (nSPS) is 10.5. The zero-order valence-electron chi connectivity index (χ0n) is 14.7. The monoisotopic (exact) mass is 381 g/mol. The lowest BCUT2D eigenvalue weighted by Crippen LogP contribution is -2.27. The van der Waals surface area contributed by atoms with Crippen molar-refractivity contribution in [3.63, 3.8) is 0 Å². The van der Waals surface area contributed by atoms with Crippen molar-refractivity contribution in [3.8, 4) is 5.69 Å². The van der Waals surface area contributed by atoms with Crippen molar-refractivity contribution in [1.82, 2.24) is 9.78 Å². The van der Waals surface area contributed by atoms with E-state index in [4.69, 9.17) is 11.6 Å². The maximum absolute atomic E-state index is 12.6. The van der Waals surface area contributed by atoms with Crippen LogP contribution >= 0.6 is 11.6 Å². The van der Waals surface area contributed by atoms with Gasteiger partial charge in [0.2, 0.25) is 5.43 Å². The van der Waals surface area contributed by atoms with E-state index in [1.54, 1.807) is 55.5 Å². The van der Waals surface area contributed by atoms with Crippen LogP contribution in [0.1, 0.15) is 33.5 Å². The maximum Gasteiger partial charge on any atom is 0.280 e. The second-order valence-electron chi connectivity index (χ2n) is 5.94. The first-order valence-electron chi connectivity index (χ1n) is 8.15. The second kappa shape index (κ2) is 7.55. The molecule has 0 radical (unpaired) electrons. The molecule has 0 saturated carbocycles. The molecule has 27 heavy (non-hydrogen) atoms. The van der Waals surface area contributed by atoms with Gasteiger partial charge < -0.3 is 5.32 Å². The van der Waals surface area contributed by atoms with Gasteiger partial charge >= 0.3 is 0 Å². The first kappa shape index (κ1) is 18.5. The Morgan fingerprint density at radius 2 is 1.74 bits per heavy atom. The summed E-state index contributed by atoms with van der Waals surface area (Å²) in [4.78, 5) is 36.7. The molecular weight excluding hydrogens is 366 g/mol. The van der Waals surface area contributed by atoms with Gasteiger partial charge in [0.25, 0.3) is 5.91 Å². The highest BCUT2D eigenvalue weighted by molar-refractivity contribution is 6.30. The number of para-hydroxylation sites is 1. The van der Waals surface area contributed by atoms with E-state index in [2.05, 4.69) is 10.4 Å². The zero-order chi connectivity index (χ0) is 19.6. The number of hydrogen-bond donors (Lipinski definition) is 1. The number of anilines is 1. The molecule has 0 fully saturated rings. The summed E-state index contributed by atoms with van der Waals surface area (Å²) >= 11 is 5.91. The number of Topliss-reactive ketones (excluding diaryl/α,β-unsaturated/α-hetero) is 1. The first-order valence-corrected chi connectivity index (χ1v) is 8.53. The zero-order valence-corrected chi connectivity index (χ0v) is 15.4. The summed E-state index contributed by atoms with van der Waals surface area (Å²) in [6.07, 6.45) is 0. The first-order chi connectivity index (χ1) is 12.9. The average Bonchev–Trinajstić information content (AvgIpc) is 2.63. The molecule has 0 spiro atoms. The third kappa shape index (κ3) is 3.96. The molecule has 1 amide bonds. The fraction of sp³-hybridized carbons (Fsp3) is 0.100. The van der Waals surface area contributed by atoms with Crippen LogP contribution in [0.3, 0.4) is 0 Å². The Morgan fingerprint density at radius 1 is 1.07 bits per heavy atom. The number of nitrogens with one attached hydrogen (secondary N) is 1. The molecule has 2 aromatic carbocycles. The Hall–Kier alpha value is -3.25. The smallest absolute Gasteiger partial charge is 0.280 e. The number of ketones is 1. The average molecular weight is 382 g/mol. The summed E-state index contributed by atoms with van der Waals surface area (Å²) in [7, 11) is 0. The van der Waals surface area contributed by atoms with Crippen LogP contribution in [-0.4, -0.2) is 21.5 Å². The topological polar surface area (TPSA) is 81.1 Å². The van der Waals surface area contributed by atoms with Gasteiger partial charge in [0.05, 0.1) is 11.4 Å². The van der Waals surface area contributed by atoms with Gasteiger partial charge in [-0.1, -0.05) is 23.7 Å². The number of carbonyl (C=O) groups is 2. The number of aryl methyl sites for hydroxylation is 1. The van der Waals surface area contributed by atoms with Crippen molar-refractivity contribution in [3.05, 3.63) is 86.8 Å². The third-order valence-electron chi connectivity index (χ3n) is 3.95. The van der Waals surface area contributed by atoms with Gasteiger partial charge in [0.1, 0.15) is 0 Å². The fourth-order valence-electron chi connectivity index (χ4n) is 2.63. The number of nitrogens with zero attached hydrogens (tertiary/aromatic N) is 2. The minimum atomic E-state index is -0.684. The lowest BCUT2D eigenvalue weighted by molar-refractivity contribution is 0.101. The number of halogens is 1. The lowest BCUT2D eigenvalue weighted by Gasteiger charge is -2.12. The van der Waals surface area contributed by atoms with E-state index in [-0.39, 0.29) is 11.5 Å². The molecule has 0 aliphatic rings. The minimum Gasteiger partial charge on any atom is -0.320 e. The van der Waals surface area contributed by atoms with Gasteiger partial charge in [-0.2, -0.15) is 5.10 Å². The minimum absolute atomic E-state index is 0.193. The maximum atomic E-state index is 12.6. The predicted molar refractivity (Wildman–Crippen MR) is 104 cm³/mol. The van der Waals surface area contributed by atoms with Crippen LogP contribution < -0.4 is 10.7 Å². The highest BCUT2D eigenvalue weighted by Gasteiger charge is 2.17. The van der Waals surface area contributed by atoms with Crippen molar-refractivity contribution in [2.75, 3.05) is 5.32 Å². The van der Waals surface area contributed by atoms with Crippen LogP contribution in [0, 0.1) is 6.92 Å². The second-order valence-corrected chi connectivity index (χ2v) is 6.38. The van der Waals surface area contributed by atoms with Crippen molar-refractivity contribution in [1.29, 1.82) is 0 Å². The van der Waals surface area contributed by atoms with E-state index in [9.17, 15) is 14.4 Å². The van der Waals surface area contributed by atoms with Gasteiger partial charge in [0.15, 0.2) is 11.5 Å². The van der Waals surface area contributed by atoms with Crippen molar-refractivity contribution in [2.24, 2.45) is 0 Å². The van der Waals surface area contributed by atoms with Crippen molar-refractivity contribution < 1.29 is 9.59 Å². The summed E-state index contributed by atoms with van der Waals surface area (Å²) < 4.78 is 1.49. The Balaban J connectivity index is 2.01. The van der Waals surface area contributed by atoms with Crippen molar-refractivity contribution in [2.45, 2.75) is 13.8 Å². The third-order valence-corrected chi connectivity index (χ3v) is 4.20. The van der Waals surface area contributed by atoms with Crippen LogP contribution in [0.5, 0.6) is 0 Å². The molecule has 6 nitrogen and oxygen atoms in total. The molecule has 1 aromatic heterocycles. The predicted octanol–water partition coefficient (Wildman–Crippen LogP) is 3.65. The van der Waals surface area contributed by atoms with Gasteiger partial charge in [-0.25, -0.2) is 4.68 Å². The highest BCUT2D eigenvalue weighted by Crippen LogP contribution is 2.17. The molecule has 0 atom stereocenters. The summed E-state index contributed by atoms with van der Waals surface area (Å²) in [5.74, 6) is -0.877. The van der Waals surface area contributed by atoms with Gasteiger partial charge in [-0.3, -0.25) is 14.4 Å². The highest BCUT2D eigenvalue weighted by atomic mass is 35.5. The van der Waals surface area contributed by atoms with E-state index in [0.29, 0.717) is 27.7 Å². The molecule has 0 saturated heterocycles. The van der Waals surface area contributed by atoms with Crippen LogP contribution in [0.2, 0.25) is 5.02 Å². The van der Waals surface area contributed by atoms with Crippen LogP contribution in [0.4, 0.5) is 5.69 Å². The summed E-state index contributed by atoms with van der Waals surface area (Å²) in [5, 5.41) is 7.37. The Labute approximate surface area is 160 Å². The van der Waals surface area contributed by atoms with E-state index in [1.807, 2.05) is 0 Å².